The van der Waals surface area contributed by atoms with Gasteiger partial charge in [0.05, 0.1) is 0 Å². The minimum Gasteiger partial charge on any atom is -0.461 e. The second-order valence-corrected chi connectivity index (χ2v) is 4.33. The van der Waals surface area contributed by atoms with Crippen LogP contribution in [0, 0.1) is 0 Å². The normalized spacial score (nSPS) is 11.5. The molecule has 2 N–H and O–H groups in total. The Balaban J connectivity index is 3.84. The maximum atomic E-state index is 11.4. The van der Waals surface area contributed by atoms with Crippen molar-refractivity contribution < 1.29 is 19.1 Å². The zero-order chi connectivity index (χ0) is 14.1. The van der Waals surface area contributed by atoms with E-state index in [2.05, 4.69) is 13.2 Å². The van der Waals surface area contributed by atoms with Gasteiger partial charge in [-0.3, -0.25) is 9.59 Å². The number of ether oxygens (including phenoxy) is 2. The zero-order valence-electron chi connectivity index (χ0n) is 11.0. The molecule has 0 bridgehead atoms. The molecule has 0 fully saturated rings. The highest BCUT2D eigenvalue weighted by Gasteiger charge is 2.17. The summed E-state index contributed by atoms with van der Waals surface area (Å²) in [7, 11) is 0. The Labute approximate surface area is 108 Å². The molecular formula is C13H21NO4. The van der Waals surface area contributed by atoms with Crippen molar-refractivity contribution in [3.8, 4) is 0 Å². The molecule has 0 spiro atoms. The second kappa shape index (κ2) is 8.47. The quantitative estimate of drug-likeness (QED) is 0.523. The summed E-state index contributed by atoms with van der Waals surface area (Å²) in [4.78, 5) is 22.6. The van der Waals surface area contributed by atoms with Crippen molar-refractivity contribution in [2.75, 3.05) is 13.2 Å². The average Bonchev–Trinajstić information content (AvgIpc) is 2.30. The minimum atomic E-state index is -0.818. The molecule has 0 aliphatic heterocycles. The first-order chi connectivity index (χ1) is 8.32. The molecule has 0 unspecified atom stereocenters. The highest BCUT2D eigenvalue weighted by molar-refractivity contribution is 5.77. The molecule has 0 aliphatic carbocycles. The van der Waals surface area contributed by atoms with Gasteiger partial charge in [-0.15, -0.1) is 0 Å². The minimum absolute atomic E-state index is 0.0800. The van der Waals surface area contributed by atoms with E-state index in [1.807, 2.05) is 0 Å². The van der Waals surface area contributed by atoms with E-state index in [0.717, 1.165) is 11.1 Å². The SMILES string of the molecule is C=C(C)COC(=O)CC[C@H](N)C(=O)OCC(=C)C. The molecule has 0 saturated carbocycles. The van der Waals surface area contributed by atoms with Gasteiger partial charge < -0.3 is 15.2 Å². The third-order valence-electron chi connectivity index (χ3n) is 1.90. The molecule has 0 aromatic carbocycles. The van der Waals surface area contributed by atoms with E-state index in [-0.39, 0.29) is 26.1 Å². The Morgan fingerprint density at radius 2 is 1.61 bits per heavy atom. The van der Waals surface area contributed by atoms with Crippen LogP contribution in [0.25, 0.3) is 0 Å². The number of carbonyl (C=O) groups excluding carboxylic acids is 2. The average molecular weight is 255 g/mol. The number of rotatable bonds is 8. The highest BCUT2D eigenvalue weighted by Crippen LogP contribution is 2.01. The Hall–Kier alpha value is -1.62. The first-order valence-electron chi connectivity index (χ1n) is 5.69. The molecular weight excluding hydrogens is 234 g/mol. The van der Waals surface area contributed by atoms with Crippen LogP contribution in [-0.4, -0.2) is 31.2 Å². The summed E-state index contributed by atoms with van der Waals surface area (Å²) in [6.07, 6.45) is 0.278. The molecule has 0 aromatic heterocycles. The maximum absolute atomic E-state index is 11.4. The molecule has 0 amide bonds. The molecule has 0 aromatic rings. The van der Waals surface area contributed by atoms with Crippen LogP contribution in [0.2, 0.25) is 0 Å². The Morgan fingerprint density at radius 3 is 2.11 bits per heavy atom. The van der Waals surface area contributed by atoms with Crippen LogP contribution < -0.4 is 5.73 Å². The van der Waals surface area contributed by atoms with E-state index in [1.165, 1.54) is 0 Å². The van der Waals surface area contributed by atoms with E-state index in [9.17, 15) is 9.59 Å². The lowest BCUT2D eigenvalue weighted by Crippen LogP contribution is -2.33. The van der Waals surface area contributed by atoms with Crippen LogP contribution in [-0.2, 0) is 19.1 Å². The molecule has 18 heavy (non-hydrogen) atoms. The van der Waals surface area contributed by atoms with Gasteiger partial charge in [0.2, 0.25) is 0 Å². The van der Waals surface area contributed by atoms with E-state index in [0.29, 0.717) is 0 Å². The van der Waals surface area contributed by atoms with Gasteiger partial charge in [0.1, 0.15) is 19.3 Å². The third-order valence-corrected chi connectivity index (χ3v) is 1.90. The summed E-state index contributed by atoms with van der Waals surface area (Å²) >= 11 is 0. The van der Waals surface area contributed by atoms with Crippen molar-refractivity contribution in [1.82, 2.24) is 0 Å². The number of hydrogen-bond acceptors (Lipinski definition) is 5. The monoisotopic (exact) mass is 255 g/mol. The van der Waals surface area contributed by atoms with Crippen molar-refractivity contribution >= 4 is 11.9 Å². The van der Waals surface area contributed by atoms with Crippen LogP contribution in [0.15, 0.2) is 24.3 Å². The molecule has 5 heteroatoms. The van der Waals surface area contributed by atoms with Crippen molar-refractivity contribution in [1.29, 1.82) is 0 Å². The van der Waals surface area contributed by atoms with Gasteiger partial charge in [0, 0.05) is 6.42 Å². The number of hydrogen-bond donors (Lipinski definition) is 1. The van der Waals surface area contributed by atoms with Gasteiger partial charge in [0.25, 0.3) is 0 Å². The second-order valence-electron chi connectivity index (χ2n) is 4.33. The van der Waals surface area contributed by atoms with E-state index in [4.69, 9.17) is 15.2 Å². The Morgan fingerprint density at radius 1 is 1.11 bits per heavy atom. The number of carbonyl (C=O) groups is 2. The summed E-state index contributed by atoms with van der Waals surface area (Å²) in [5.74, 6) is -0.938. The summed E-state index contributed by atoms with van der Waals surface area (Å²) in [6, 6.07) is -0.818. The molecule has 0 heterocycles. The predicted molar refractivity (Wildman–Crippen MR) is 68.8 cm³/mol. The largest absolute Gasteiger partial charge is 0.461 e. The maximum Gasteiger partial charge on any atom is 0.323 e. The summed E-state index contributed by atoms with van der Waals surface area (Å²) < 4.78 is 9.74. The molecule has 0 saturated heterocycles. The molecule has 5 nitrogen and oxygen atoms in total. The van der Waals surface area contributed by atoms with Gasteiger partial charge >= 0.3 is 11.9 Å². The fourth-order valence-electron chi connectivity index (χ4n) is 0.968. The lowest BCUT2D eigenvalue weighted by molar-refractivity contribution is -0.145. The Bertz CT molecular complexity index is 336. The smallest absolute Gasteiger partial charge is 0.323 e. The topological polar surface area (TPSA) is 78.6 Å². The van der Waals surface area contributed by atoms with E-state index < -0.39 is 18.0 Å². The van der Waals surface area contributed by atoms with Crippen molar-refractivity contribution in [3.63, 3.8) is 0 Å². The van der Waals surface area contributed by atoms with Crippen LogP contribution in [0.1, 0.15) is 26.7 Å². The lowest BCUT2D eigenvalue weighted by Gasteiger charge is -2.11. The van der Waals surface area contributed by atoms with E-state index in [1.54, 1.807) is 13.8 Å². The third kappa shape index (κ3) is 8.52. The molecule has 102 valence electrons. The van der Waals surface area contributed by atoms with Gasteiger partial charge in [-0.25, -0.2) is 0 Å². The van der Waals surface area contributed by atoms with Crippen LogP contribution in [0.3, 0.4) is 0 Å². The predicted octanol–water partition coefficient (Wildman–Crippen LogP) is 1.33. The molecule has 0 rings (SSSR count). The van der Waals surface area contributed by atoms with Gasteiger partial charge in [0.15, 0.2) is 0 Å². The van der Waals surface area contributed by atoms with E-state index >= 15 is 0 Å². The van der Waals surface area contributed by atoms with Gasteiger partial charge in [-0.1, -0.05) is 13.2 Å². The summed E-state index contributed by atoms with van der Waals surface area (Å²) in [5, 5.41) is 0. The standard InChI is InChI=1S/C13H21NO4/c1-9(2)7-17-12(15)6-5-11(14)13(16)18-8-10(3)4/h11H,1,3,5-8,14H2,2,4H3/t11-/m0/s1. The summed E-state index contributed by atoms with van der Waals surface area (Å²) in [6.45, 7) is 11.0. The first kappa shape index (κ1) is 16.4. The molecule has 0 aliphatic rings. The zero-order valence-corrected chi connectivity index (χ0v) is 11.0. The van der Waals surface area contributed by atoms with Crippen LogP contribution >= 0.6 is 0 Å². The van der Waals surface area contributed by atoms with Crippen molar-refractivity contribution in [3.05, 3.63) is 24.3 Å². The number of esters is 2. The lowest BCUT2D eigenvalue weighted by atomic mass is 10.2. The fraction of sp³-hybridized carbons (Fsp3) is 0.538. The first-order valence-corrected chi connectivity index (χ1v) is 5.69. The molecule has 1 atom stereocenters. The Kier molecular flexibility index (Phi) is 7.71. The number of nitrogens with two attached hydrogens (primary N) is 1. The van der Waals surface area contributed by atoms with Gasteiger partial charge in [-0.05, 0) is 31.4 Å². The van der Waals surface area contributed by atoms with Crippen LogP contribution in [0.5, 0.6) is 0 Å². The van der Waals surface area contributed by atoms with Crippen LogP contribution in [0.4, 0.5) is 0 Å². The molecule has 0 radical (unpaired) electrons. The van der Waals surface area contributed by atoms with Crippen molar-refractivity contribution in [2.45, 2.75) is 32.7 Å². The fourth-order valence-corrected chi connectivity index (χ4v) is 0.968. The van der Waals surface area contributed by atoms with Gasteiger partial charge in [-0.2, -0.15) is 0 Å². The summed E-state index contributed by atoms with van der Waals surface area (Å²) in [5.41, 5.74) is 7.07. The van der Waals surface area contributed by atoms with Crippen molar-refractivity contribution in [2.24, 2.45) is 5.73 Å². The highest BCUT2D eigenvalue weighted by atomic mass is 16.5.